The van der Waals surface area contributed by atoms with Gasteiger partial charge in [-0.05, 0) is 42.5 Å². The molecule has 140 valence electrons. The van der Waals surface area contributed by atoms with E-state index < -0.39 is 17.5 Å². The molecular formula is C20H11Cl2F2N3O. The fraction of sp³-hybridized carbons (Fsp3) is 0. The molecule has 4 aromatic rings. The lowest BCUT2D eigenvalue weighted by Crippen LogP contribution is -2.12. The van der Waals surface area contributed by atoms with E-state index in [9.17, 15) is 13.6 Å². The van der Waals surface area contributed by atoms with Crippen molar-refractivity contribution in [2.45, 2.75) is 0 Å². The molecular weight excluding hydrogens is 407 g/mol. The average Bonchev–Trinajstić information content (AvgIpc) is 3.07. The molecule has 0 unspecified atom stereocenters. The number of amides is 1. The van der Waals surface area contributed by atoms with E-state index in [0.717, 1.165) is 12.1 Å². The van der Waals surface area contributed by atoms with Crippen molar-refractivity contribution in [3.63, 3.8) is 0 Å². The molecule has 4 nitrogen and oxygen atoms in total. The van der Waals surface area contributed by atoms with E-state index in [2.05, 4.69) is 15.3 Å². The molecule has 1 heterocycles. The standard InChI is InChI=1S/C20H11Cl2F2N3O/c21-12-2-1-3-13(22)18(12)19-26-16-7-4-10(8-17(16)27-19)20(28)25-11-5-6-14(23)15(24)9-11/h1-9H,(H,25,28)(H,26,27). The fourth-order valence-corrected chi connectivity index (χ4v) is 3.35. The number of aromatic amines is 1. The number of hydrogen-bond acceptors (Lipinski definition) is 2. The molecule has 2 N–H and O–H groups in total. The first-order chi connectivity index (χ1) is 13.4. The summed E-state index contributed by atoms with van der Waals surface area (Å²) in [6, 6.07) is 13.1. The van der Waals surface area contributed by atoms with Gasteiger partial charge in [0.15, 0.2) is 11.6 Å². The summed E-state index contributed by atoms with van der Waals surface area (Å²) in [5.41, 5.74) is 2.25. The van der Waals surface area contributed by atoms with Gasteiger partial charge in [-0.1, -0.05) is 29.3 Å². The zero-order chi connectivity index (χ0) is 19.8. The minimum atomic E-state index is -1.04. The van der Waals surface area contributed by atoms with Crippen molar-refractivity contribution in [3.05, 3.63) is 81.8 Å². The van der Waals surface area contributed by atoms with E-state index in [1.54, 1.807) is 36.4 Å². The number of carbonyl (C=O) groups is 1. The molecule has 0 aliphatic rings. The predicted octanol–water partition coefficient (Wildman–Crippen LogP) is 6.07. The quantitative estimate of drug-likeness (QED) is 0.425. The number of rotatable bonds is 3. The van der Waals surface area contributed by atoms with Crippen LogP contribution in [0.15, 0.2) is 54.6 Å². The second-order valence-electron chi connectivity index (χ2n) is 6.00. The van der Waals surface area contributed by atoms with Gasteiger partial charge in [0.2, 0.25) is 0 Å². The van der Waals surface area contributed by atoms with Crippen molar-refractivity contribution in [2.75, 3.05) is 5.32 Å². The second-order valence-corrected chi connectivity index (χ2v) is 6.81. The number of imidazole rings is 1. The topological polar surface area (TPSA) is 57.8 Å². The highest BCUT2D eigenvalue weighted by Crippen LogP contribution is 2.34. The van der Waals surface area contributed by atoms with Gasteiger partial charge >= 0.3 is 0 Å². The number of halogens is 4. The Morgan fingerprint density at radius 3 is 2.43 bits per heavy atom. The lowest BCUT2D eigenvalue weighted by Gasteiger charge is -2.05. The third-order valence-electron chi connectivity index (χ3n) is 4.12. The summed E-state index contributed by atoms with van der Waals surface area (Å²) in [4.78, 5) is 20.0. The zero-order valence-electron chi connectivity index (χ0n) is 14.1. The highest BCUT2D eigenvalue weighted by Gasteiger charge is 2.15. The van der Waals surface area contributed by atoms with Crippen molar-refractivity contribution >= 4 is 45.8 Å². The Kier molecular flexibility index (Phi) is 4.75. The van der Waals surface area contributed by atoms with Gasteiger partial charge in [-0.2, -0.15) is 0 Å². The van der Waals surface area contributed by atoms with Crippen molar-refractivity contribution in [1.29, 1.82) is 0 Å². The molecule has 0 saturated carbocycles. The lowest BCUT2D eigenvalue weighted by molar-refractivity contribution is 0.102. The van der Waals surface area contributed by atoms with Crippen LogP contribution in [0.4, 0.5) is 14.5 Å². The maximum Gasteiger partial charge on any atom is 0.255 e. The van der Waals surface area contributed by atoms with Crippen molar-refractivity contribution in [1.82, 2.24) is 9.97 Å². The number of fused-ring (bicyclic) bond motifs is 1. The predicted molar refractivity (Wildman–Crippen MR) is 106 cm³/mol. The summed E-state index contributed by atoms with van der Waals surface area (Å²) in [6.45, 7) is 0. The van der Waals surface area contributed by atoms with E-state index in [-0.39, 0.29) is 5.69 Å². The summed E-state index contributed by atoms with van der Waals surface area (Å²) in [7, 11) is 0. The molecule has 4 rings (SSSR count). The Balaban J connectivity index is 1.66. The number of H-pyrrole nitrogens is 1. The third kappa shape index (κ3) is 3.44. The largest absolute Gasteiger partial charge is 0.338 e. The van der Waals surface area contributed by atoms with Gasteiger partial charge in [0.1, 0.15) is 5.82 Å². The molecule has 0 aliphatic heterocycles. The van der Waals surface area contributed by atoms with E-state index in [1.165, 1.54) is 6.07 Å². The van der Waals surface area contributed by atoms with Gasteiger partial charge in [-0.25, -0.2) is 13.8 Å². The summed E-state index contributed by atoms with van der Waals surface area (Å²) >= 11 is 12.4. The molecule has 1 amide bonds. The van der Waals surface area contributed by atoms with E-state index in [1.807, 2.05) is 0 Å². The first-order valence-corrected chi connectivity index (χ1v) is 8.88. The number of anilines is 1. The van der Waals surface area contributed by atoms with Crippen LogP contribution in [0.3, 0.4) is 0 Å². The average molecular weight is 418 g/mol. The maximum absolute atomic E-state index is 13.3. The van der Waals surface area contributed by atoms with E-state index in [0.29, 0.717) is 38.0 Å². The molecule has 0 saturated heterocycles. The SMILES string of the molecule is O=C(Nc1ccc(F)c(F)c1)c1ccc2nc(-c3c(Cl)cccc3Cl)[nH]c2c1. The number of nitrogens with one attached hydrogen (secondary N) is 2. The Hall–Kier alpha value is -2.96. The van der Waals surface area contributed by atoms with E-state index in [4.69, 9.17) is 23.2 Å². The first kappa shape index (κ1) is 18.4. The number of carbonyl (C=O) groups excluding carboxylic acids is 1. The smallest absolute Gasteiger partial charge is 0.255 e. The van der Waals surface area contributed by atoms with Crippen LogP contribution >= 0.6 is 23.2 Å². The number of aromatic nitrogens is 2. The summed E-state index contributed by atoms with van der Waals surface area (Å²) in [6.07, 6.45) is 0. The molecule has 3 aromatic carbocycles. The Labute approximate surface area is 168 Å². The van der Waals surface area contributed by atoms with Gasteiger partial charge in [0, 0.05) is 17.3 Å². The monoisotopic (exact) mass is 417 g/mol. The summed E-state index contributed by atoms with van der Waals surface area (Å²) in [5.74, 6) is -2.02. The third-order valence-corrected chi connectivity index (χ3v) is 4.75. The maximum atomic E-state index is 13.3. The van der Waals surface area contributed by atoms with Crippen LogP contribution in [0.5, 0.6) is 0 Å². The lowest BCUT2D eigenvalue weighted by atomic mass is 10.2. The Bertz CT molecular complexity index is 1200. The molecule has 0 bridgehead atoms. The minimum Gasteiger partial charge on any atom is -0.338 e. The molecule has 28 heavy (non-hydrogen) atoms. The molecule has 0 radical (unpaired) electrons. The van der Waals surface area contributed by atoms with Crippen LogP contribution in [-0.2, 0) is 0 Å². The van der Waals surface area contributed by atoms with Gasteiger partial charge < -0.3 is 10.3 Å². The fourth-order valence-electron chi connectivity index (χ4n) is 2.77. The number of hydrogen-bond donors (Lipinski definition) is 2. The van der Waals surface area contributed by atoms with E-state index >= 15 is 0 Å². The Morgan fingerprint density at radius 1 is 0.964 bits per heavy atom. The highest BCUT2D eigenvalue weighted by atomic mass is 35.5. The number of benzene rings is 3. The molecule has 8 heteroatoms. The van der Waals surface area contributed by atoms with Crippen LogP contribution in [0, 0.1) is 11.6 Å². The highest BCUT2D eigenvalue weighted by molar-refractivity contribution is 6.39. The van der Waals surface area contributed by atoms with Gasteiger partial charge in [-0.15, -0.1) is 0 Å². The Morgan fingerprint density at radius 2 is 1.71 bits per heavy atom. The van der Waals surface area contributed by atoms with Gasteiger partial charge in [0.05, 0.1) is 26.6 Å². The van der Waals surface area contributed by atoms with Crippen LogP contribution < -0.4 is 5.32 Å². The van der Waals surface area contributed by atoms with Gasteiger partial charge in [-0.3, -0.25) is 4.79 Å². The van der Waals surface area contributed by atoms with Gasteiger partial charge in [0.25, 0.3) is 5.91 Å². The zero-order valence-corrected chi connectivity index (χ0v) is 15.6. The van der Waals surface area contributed by atoms with Crippen molar-refractivity contribution in [2.24, 2.45) is 0 Å². The summed E-state index contributed by atoms with van der Waals surface area (Å²) < 4.78 is 26.3. The molecule has 1 aromatic heterocycles. The molecule has 0 atom stereocenters. The van der Waals surface area contributed by atoms with Crippen molar-refractivity contribution in [3.8, 4) is 11.4 Å². The van der Waals surface area contributed by atoms with Crippen molar-refractivity contribution < 1.29 is 13.6 Å². The second kappa shape index (κ2) is 7.22. The van der Waals surface area contributed by atoms with Crippen LogP contribution in [-0.4, -0.2) is 15.9 Å². The van der Waals surface area contributed by atoms with Crippen LogP contribution in [0.2, 0.25) is 10.0 Å². The number of nitrogens with zero attached hydrogens (tertiary/aromatic N) is 1. The summed E-state index contributed by atoms with van der Waals surface area (Å²) in [5, 5.41) is 3.42. The van der Waals surface area contributed by atoms with Crippen LogP contribution in [0.1, 0.15) is 10.4 Å². The molecule has 0 spiro atoms. The first-order valence-electron chi connectivity index (χ1n) is 8.13. The molecule has 0 fully saturated rings. The van der Waals surface area contributed by atoms with Crippen LogP contribution in [0.25, 0.3) is 22.4 Å². The minimum absolute atomic E-state index is 0.150. The normalized spacial score (nSPS) is 11.0. The molecule has 0 aliphatic carbocycles.